The van der Waals surface area contributed by atoms with Gasteiger partial charge in [-0.15, -0.1) is 0 Å². The van der Waals surface area contributed by atoms with Gasteiger partial charge in [-0.25, -0.2) is 4.39 Å². The first-order valence-corrected chi connectivity index (χ1v) is 5.26. The van der Waals surface area contributed by atoms with Crippen LogP contribution in [-0.4, -0.2) is 7.05 Å². The van der Waals surface area contributed by atoms with Gasteiger partial charge in [0.15, 0.2) is 0 Å². The SMILES string of the molecule is CNCc1occc1-c1ccc(F)c(Cl)c1. The lowest BCUT2D eigenvalue weighted by molar-refractivity contribution is 0.497. The topological polar surface area (TPSA) is 25.2 Å². The van der Waals surface area contributed by atoms with Gasteiger partial charge in [-0.05, 0) is 30.8 Å². The first-order valence-electron chi connectivity index (χ1n) is 4.88. The van der Waals surface area contributed by atoms with E-state index >= 15 is 0 Å². The van der Waals surface area contributed by atoms with Gasteiger partial charge in [-0.2, -0.15) is 0 Å². The van der Waals surface area contributed by atoms with Gasteiger partial charge < -0.3 is 9.73 Å². The van der Waals surface area contributed by atoms with Crippen LogP contribution in [-0.2, 0) is 6.54 Å². The molecular weight excluding hydrogens is 229 g/mol. The molecule has 0 amide bonds. The Morgan fingerprint density at radius 1 is 1.38 bits per heavy atom. The molecule has 0 saturated carbocycles. The van der Waals surface area contributed by atoms with E-state index in [2.05, 4.69) is 5.32 Å². The van der Waals surface area contributed by atoms with Crippen molar-refractivity contribution in [3.63, 3.8) is 0 Å². The van der Waals surface area contributed by atoms with Crippen LogP contribution in [0.1, 0.15) is 5.76 Å². The number of halogens is 2. The van der Waals surface area contributed by atoms with Crippen LogP contribution in [0.15, 0.2) is 34.9 Å². The molecule has 0 aliphatic rings. The van der Waals surface area contributed by atoms with Crippen molar-refractivity contribution in [2.75, 3.05) is 7.05 Å². The molecule has 0 saturated heterocycles. The smallest absolute Gasteiger partial charge is 0.141 e. The molecular formula is C12H11ClFNO. The predicted molar refractivity (Wildman–Crippen MR) is 61.9 cm³/mol. The van der Waals surface area contributed by atoms with Crippen LogP contribution in [0.4, 0.5) is 4.39 Å². The molecule has 0 bridgehead atoms. The van der Waals surface area contributed by atoms with Crippen LogP contribution < -0.4 is 5.32 Å². The van der Waals surface area contributed by atoms with Crippen LogP contribution in [0, 0.1) is 5.82 Å². The second-order valence-electron chi connectivity index (χ2n) is 3.42. The highest BCUT2D eigenvalue weighted by molar-refractivity contribution is 6.31. The van der Waals surface area contributed by atoms with Crippen molar-refractivity contribution in [1.82, 2.24) is 5.32 Å². The highest BCUT2D eigenvalue weighted by atomic mass is 35.5. The highest BCUT2D eigenvalue weighted by Crippen LogP contribution is 2.28. The lowest BCUT2D eigenvalue weighted by Crippen LogP contribution is -2.04. The Hall–Kier alpha value is -1.32. The standard InChI is InChI=1S/C12H11ClFNO/c1-15-7-12-9(4-5-16-12)8-2-3-11(14)10(13)6-8/h2-6,15H,7H2,1H3. The van der Waals surface area contributed by atoms with Gasteiger partial charge in [-0.1, -0.05) is 17.7 Å². The molecule has 1 N–H and O–H groups in total. The van der Waals surface area contributed by atoms with Gasteiger partial charge in [-0.3, -0.25) is 0 Å². The maximum absolute atomic E-state index is 13.0. The number of nitrogens with one attached hydrogen (secondary N) is 1. The first-order chi connectivity index (χ1) is 7.72. The van der Waals surface area contributed by atoms with Gasteiger partial charge in [0.05, 0.1) is 17.8 Å². The Morgan fingerprint density at radius 2 is 2.19 bits per heavy atom. The largest absolute Gasteiger partial charge is 0.467 e. The lowest BCUT2D eigenvalue weighted by atomic mass is 10.1. The predicted octanol–water partition coefficient (Wildman–Crippen LogP) is 3.46. The summed E-state index contributed by atoms with van der Waals surface area (Å²) >= 11 is 5.74. The van der Waals surface area contributed by atoms with E-state index < -0.39 is 5.82 Å². The van der Waals surface area contributed by atoms with E-state index in [1.807, 2.05) is 13.1 Å². The number of benzene rings is 1. The summed E-state index contributed by atoms with van der Waals surface area (Å²) in [6.45, 7) is 0.622. The molecule has 2 rings (SSSR count). The average Bonchev–Trinajstić information content (AvgIpc) is 2.71. The van der Waals surface area contributed by atoms with Gasteiger partial charge in [0.1, 0.15) is 11.6 Å². The molecule has 2 nitrogen and oxygen atoms in total. The molecule has 4 heteroatoms. The van der Waals surface area contributed by atoms with Crippen molar-refractivity contribution < 1.29 is 8.81 Å². The summed E-state index contributed by atoms with van der Waals surface area (Å²) < 4.78 is 18.4. The summed E-state index contributed by atoms with van der Waals surface area (Å²) in [5.41, 5.74) is 1.78. The average molecular weight is 240 g/mol. The molecule has 0 fully saturated rings. The molecule has 1 heterocycles. The molecule has 84 valence electrons. The Morgan fingerprint density at radius 3 is 2.88 bits per heavy atom. The molecule has 1 aromatic heterocycles. The minimum atomic E-state index is -0.413. The van der Waals surface area contributed by atoms with Crippen LogP contribution in [0.3, 0.4) is 0 Å². The maximum atomic E-state index is 13.0. The van der Waals surface area contributed by atoms with Crippen LogP contribution in [0.5, 0.6) is 0 Å². The number of furan rings is 1. The van der Waals surface area contributed by atoms with E-state index in [0.29, 0.717) is 6.54 Å². The van der Waals surface area contributed by atoms with E-state index in [1.54, 1.807) is 18.4 Å². The molecule has 0 aliphatic carbocycles. The molecule has 0 unspecified atom stereocenters. The monoisotopic (exact) mass is 239 g/mol. The Labute approximate surface area is 98.0 Å². The summed E-state index contributed by atoms with van der Waals surface area (Å²) in [5.74, 6) is 0.397. The van der Waals surface area contributed by atoms with Crippen molar-refractivity contribution >= 4 is 11.6 Å². The lowest BCUT2D eigenvalue weighted by Gasteiger charge is -2.03. The van der Waals surface area contributed by atoms with Crippen molar-refractivity contribution in [1.29, 1.82) is 0 Å². The fourth-order valence-corrected chi connectivity index (χ4v) is 1.74. The molecule has 0 atom stereocenters. The fourth-order valence-electron chi connectivity index (χ4n) is 1.56. The molecule has 0 radical (unpaired) electrons. The van der Waals surface area contributed by atoms with Crippen molar-refractivity contribution in [3.8, 4) is 11.1 Å². The Kier molecular flexibility index (Phi) is 3.27. The minimum Gasteiger partial charge on any atom is -0.467 e. The number of hydrogen-bond donors (Lipinski definition) is 1. The minimum absolute atomic E-state index is 0.120. The third-order valence-corrected chi connectivity index (χ3v) is 2.60. The summed E-state index contributed by atoms with van der Waals surface area (Å²) in [5, 5.41) is 3.12. The Bertz CT molecular complexity index is 496. The van der Waals surface area contributed by atoms with Gasteiger partial charge in [0.2, 0.25) is 0 Å². The third kappa shape index (κ3) is 2.10. The molecule has 0 aliphatic heterocycles. The molecule has 16 heavy (non-hydrogen) atoms. The van der Waals surface area contributed by atoms with E-state index in [0.717, 1.165) is 16.9 Å². The van der Waals surface area contributed by atoms with Crippen LogP contribution in [0.2, 0.25) is 5.02 Å². The molecule has 0 spiro atoms. The quantitative estimate of drug-likeness (QED) is 0.888. The van der Waals surface area contributed by atoms with Crippen molar-refractivity contribution in [2.24, 2.45) is 0 Å². The fraction of sp³-hybridized carbons (Fsp3) is 0.167. The second kappa shape index (κ2) is 4.68. The molecule has 2 aromatic rings. The molecule has 1 aromatic carbocycles. The summed E-state index contributed by atoms with van der Waals surface area (Å²) in [6, 6.07) is 6.48. The van der Waals surface area contributed by atoms with Crippen LogP contribution >= 0.6 is 11.6 Å². The number of rotatable bonds is 3. The van der Waals surface area contributed by atoms with Gasteiger partial charge in [0.25, 0.3) is 0 Å². The zero-order valence-corrected chi connectivity index (χ0v) is 9.51. The number of hydrogen-bond acceptors (Lipinski definition) is 2. The highest BCUT2D eigenvalue weighted by Gasteiger charge is 2.09. The van der Waals surface area contributed by atoms with E-state index in [4.69, 9.17) is 16.0 Å². The van der Waals surface area contributed by atoms with E-state index in [1.165, 1.54) is 6.07 Å². The third-order valence-electron chi connectivity index (χ3n) is 2.31. The van der Waals surface area contributed by atoms with Crippen molar-refractivity contribution in [3.05, 3.63) is 47.1 Å². The zero-order valence-electron chi connectivity index (χ0n) is 8.76. The first kappa shape index (κ1) is 11.2. The van der Waals surface area contributed by atoms with Gasteiger partial charge >= 0.3 is 0 Å². The van der Waals surface area contributed by atoms with Crippen LogP contribution in [0.25, 0.3) is 11.1 Å². The summed E-state index contributed by atoms with van der Waals surface area (Å²) in [6.07, 6.45) is 1.61. The summed E-state index contributed by atoms with van der Waals surface area (Å²) in [7, 11) is 1.84. The normalized spacial score (nSPS) is 10.7. The van der Waals surface area contributed by atoms with Gasteiger partial charge in [0, 0.05) is 5.56 Å². The summed E-state index contributed by atoms with van der Waals surface area (Å²) in [4.78, 5) is 0. The van der Waals surface area contributed by atoms with Crippen molar-refractivity contribution in [2.45, 2.75) is 6.54 Å². The van der Waals surface area contributed by atoms with E-state index in [9.17, 15) is 4.39 Å². The second-order valence-corrected chi connectivity index (χ2v) is 3.82. The van der Waals surface area contributed by atoms with E-state index in [-0.39, 0.29) is 5.02 Å². The maximum Gasteiger partial charge on any atom is 0.141 e. The zero-order chi connectivity index (χ0) is 11.5. The Balaban J connectivity index is 2.42.